The molecule has 17 heavy (non-hydrogen) atoms. The van der Waals surface area contributed by atoms with Gasteiger partial charge in [0.15, 0.2) is 0 Å². The molecule has 1 fully saturated rings. The van der Waals surface area contributed by atoms with Crippen LogP contribution in [0.3, 0.4) is 0 Å². The van der Waals surface area contributed by atoms with E-state index in [1.165, 1.54) is 16.4 Å². The van der Waals surface area contributed by atoms with Crippen LogP contribution in [-0.2, 0) is 14.8 Å². The van der Waals surface area contributed by atoms with E-state index in [1.54, 1.807) is 0 Å². The zero-order valence-electron chi connectivity index (χ0n) is 8.85. The molecule has 2 rings (SSSR count). The Morgan fingerprint density at radius 2 is 2.18 bits per heavy atom. The lowest BCUT2D eigenvalue weighted by molar-refractivity contribution is -0.120. The molecule has 1 amide bonds. The highest BCUT2D eigenvalue weighted by Gasteiger charge is 2.29. The van der Waals surface area contributed by atoms with Gasteiger partial charge in [0.2, 0.25) is 5.91 Å². The minimum Gasteiger partial charge on any atom is -0.355 e. The van der Waals surface area contributed by atoms with E-state index in [-0.39, 0.29) is 16.7 Å². The van der Waals surface area contributed by atoms with Crippen LogP contribution in [0.15, 0.2) is 16.3 Å². The predicted molar refractivity (Wildman–Crippen MR) is 65.7 cm³/mol. The molecule has 1 aromatic rings. The second-order valence-corrected chi connectivity index (χ2v) is 7.48. The fourth-order valence-electron chi connectivity index (χ4n) is 1.55. The number of sulfonamides is 1. The van der Waals surface area contributed by atoms with Crippen molar-refractivity contribution >= 4 is 38.9 Å². The van der Waals surface area contributed by atoms with E-state index >= 15 is 0 Å². The maximum atomic E-state index is 12.2. The van der Waals surface area contributed by atoms with Crippen molar-refractivity contribution in [3.63, 3.8) is 0 Å². The molecule has 0 radical (unpaired) electrons. The van der Waals surface area contributed by atoms with Crippen LogP contribution in [0.4, 0.5) is 0 Å². The summed E-state index contributed by atoms with van der Waals surface area (Å²) in [6, 6.07) is 3.00. The molecular weight excluding hydrogens is 284 g/mol. The Balaban J connectivity index is 2.28. The van der Waals surface area contributed by atoms with Crippen molar-refractivity contribution in [1.82, 2.24) is 9.62 Å². The molecule has 2 heterocycles. The summed E-state index contributed by atoms with van der Waals surface area (Å²) in [5, 5.41) is 2.64. The third kappa shape index (κ3) is 2.79. The lowest BCUT2D eigenvalue weighted by atomic mass is 10.4. The topological polar surface area (TPSA) is 66.5 Å². The third-order valence-electron chi connectivity index (χ3n) is 2.37. The largest absolute Gasteiger partial charge is 0.355 e. The molecule has 0 unspecified atom stereocenters. The Kier molecular flexibility index (Phi) is 3.72. The van der Waals surface area contributed by atoms with Gasteiger partial charge >= 0.3 is 0 Å². The Bertz CT molecular complexity index is 526. The van der Waals surface area contributed by atoms with Gasteiger partial charge < -0.3 is 5.32 Å². The van der Waals surface area contributed by atoms with Crippen LogP contribution >= 0.6 is 22.9 Å². The van der Waals surface area contributed by atoms with Crippen LogP contribution < -0.4 is 5.32 Å². The number of amides is 1. The van der Waals surface area contributed by atoms with Crippen molar-refractivity contribution in [3.8, 4) is 0 Å². The number of halogens is 1. The first kappa shape index (κ1) is 12.8. The normalized spacial score (nSPS) is 18.8. The van der Waals surface area contributed by atoms with Gasteiger partial charge in [-0.25, -0.2) is 8.42 Å². The average Bonchev–Trinajstić information content (AvgIpc) is 2.57. The van der Waals surface area contributed by atoms with Crippen LogP contribution in [0.1, 0.15) is 6.42 Å². The maximum Gasteiger partial charge on any atom is 0.253 e. The van der Waals surface area contributed by atoms with E-state index in [1.807, 2.05) is 0 Å². The highest BCUT2D eigenvalue weighted by molar-refractivity contribution is 7.91. The predicted octanol–water partition coefficient (Wildman–Crippen LogP) is 0.912. The van der Waals surface area contributed by atoms with Crippen molar-refractivity contribution < 1.29 is 13.2 Å². The molecular formula is C9H11ClN2O3S2. The molecule has 0 atom stereocenters. The Labute approximate surface area is 108 Å². The summed E-state index contributed by atoms with van der Waals surface area (Å²) < 4.78 is 26.2. The van der Waals surface area contributed by atoms with Crippen molar-refractivity contribution in [2.24, 2.45) is 0 Å². The number of nitrogens with one attached hydrogen (secondary N) is 1. The molecule has 8 heteroatoms. The summed E-state index contributed by atoms with van der Waals surface area (Å²) >= 11 is 6.72. The van der Waals surface area contributed by atoms with Gasteiger partial charge in [-0.15, -0.1) is 11.3 Å². The van der Waals surface area contributed by atoms with Crippen molar-refractivity contribution in [2.45, 2.75) is 10.6 Å². The molecule has 1 saturated heterocycles. The van der Waals surface area contributed by atoms with E-state index in [0.29, 0.717) is 23.8 Å². The van der Waals surface area contributed by atoms with Crippen molar-refractivity contribution in [1.29, 1.82) is 0 Å². The summed E-state index contributed by atoms with van der Waals surface area (Å²) in [4.78, 5) is 11.3. The van der Waals surface area contributed by atoms with Gasteiger partial charge in [-0.2, -0.15) is 4.31 Å². The summed E-state index contributed by atoms with van der Waals surface area (Å²) in [6.45, 7) is 0.727. The maximum absolute atomic E-state index is 12.2. The zero-order chi connectivity index (χ0) is 12.5. The first-order chi connectivity index (χ1) is 8.00. The number of nitrogens with zero attached hydrogens (tertiary/aromatic N) is 1. The average molecular weight is 295 g/mol. The van der Waals surface area contributed by atoms with Crippen molar-refractivity contribution in [2.75, 3.05) is 19.6 Å². The Morgan fingerprint density at radius 3 is 2.82 bits per heavy atom. The summed E-state index contributed by atoms with van der Waals surface area (Å²) in [5.74, 6) is -0.270. The molecule has 0 spiro atoms. The second kappa shape index (κ2) is 4.93. The number of thiophene rings is 1. The van der Waals surface area contributed by atoms with Crippen LogP contribution in [0, 0.1) is 0 Å². The smallest absolute Gasteiger partial charge is 0.253 e. The van der Waals surface area contributed by atoms with Crippen LogP contribution in [0.2, 0.25) is 4.34 Å². The van der Waals surface area contributed by atoms with E-state index in [4.69, 9.17) is 11.6 Å². The Morgan fingerprint density at radius 1 is 1.41 bits per heavy atom. The second-order valence-electron chi connectivity index (χ2n) is 3.60. The third-order valence-corrected chi connectivity index (χ3v) is 5.91. The zero-order valence-corrected chi connectivity index (χ0v) is 11.2. The van der Waals surface area contributed by atoms with Gasteiger partial charge in [0.1, 0.15) is 4.21 Å². The molecule has 0 bridgehead atoms. The number of hydrogen-bond acceptors (Lipinski definition) is 4. The number of carbonyl (C=O) groups excluding carboxylic acids is 1. The molecule has 94 valence electrons. The quantitative estimate of drug-likeness (QED) is 0.882. The summed E-state index contributed by atoms with van der Waals surface area (Å²) in [5.41, 5.74) is 0. The van der Waals surface area contributed by atoms with E-state index in [9.17, 15) is 13.2 Å². The van der Waals surface area contributed by atoms with Gasteiger partial charge in [-0.05, 0) is 18.6 Å². The van der Waals surface area contributed by atoms with Crippen LogP contribution in [0.5, 0.6) is 0 Å². The minimum atomic E-state index is -3.59. The molecule has 0 aliphatic carbocycles. The minimum absolute atomic E-state index is 0.127. The Hall–Kier alpha value is -0.630. The molecule has 1 N–H and O–H groups in total. The molecule has 0 saturated carbocycles. The lowest BCUT2D eigenvalue weighted by Crippen LogP contribution is -2.37. The summed E-state index contributed by atoms with van der Waals surface area (Å²) in [7, 11) is -3.59. The fraction of sp³-hybridized carbons (Fsp3) is 0.444. The fourth-order valence-corrected chi connectivity index (χ4v) is 4.62. The van der Waals surface area contributed by atoms with E-state index in [0.717, 1.165) is 11.3 Å². The van der Waals surface area contributed by atoms with Gasteiger partial charge in [0.25, 0.3) is 10.0 Å². The first-order valence-electron chi connectivity index (χ1n) is 5.02. The number of carbonyl (C=O) groups is 1. The van der Waals surface area contributed by atoms with Gasteiger partial charge in [-0.1, -0.05) is 11.6 Å². The van der Waals surface area contributed by atoms with Gasteiger partial charge in [-0.3, -0.25) is 4.79 Å². The molecule has 5 nitrogen and oxygen atoms in total. The monoisotopic (exact) mass is 294 g/mol. The van der Waals surface area contributed by atoms with Crippen molar-refractivity contribution in [3.05, 3.63) is 16.5 Å². The van der Waals surface area contributed by atoms with Gasteiger partial charge in [0.05, 0.1) is 10.9 Å². The highest BCUT2D eigenvalue weighted by atomic mass is 35.5. The highest BCUT2D eigenvalue weighted by Crippen LogP contribution is 2.28. The first-order valence-corrected chi connectivity index (χ1v) is 7.66. The molecule has 1 aromatic heterocycles. The SMILES string of the molecule is O=C1CN(S(=O)(=O)c2ccc(Cl)s2)CCCN1. The number of hydrogen-bond donors (Lipinski definition) is 1. The molecule has 1 aliphatic heterocycles. The number of rotatable bonds is 2. The lowest BCUT2D eigenvalue weighted by Gasteiger charge is -2.17. The van der Waals surface area contributed by atoms with Crippen LogP contribution in [-0.4, -0.2) is 38.3 Å². The summed E-state index contributed by atoms with van der Waals surface area (Å²) in [6.07, 6.45) is 0.615. The van der Waals surface area contributed by atoms with Crippen LogP contribution in [0.25, 0.3) is 0 Å². The van der Waals surface area contributed by atoms with E-state index in [2.05, 4.69) is 5.32 Å². The molecule has 0 aromatic carbocycles. The van der Waals surface area contributed by atoms with E-state index < -0.39 is 10.0 Å². The van der Waals surface area contributed by atoms with Gasteiger partial charge in [0, 0.05) is 13.1 Å². The standard InChI is InChI=1S/C9H11ClN2O3S2/c10-7-2-3-9(16-7)17(14,15)12-5-1-4-11-8(13)6-12/h2-3H,1,4-6H2,(H,11,13). The molecule has 1 aliphatic rings.